The van der Waals surface area contributed by atoms with E-state index in [2.05, 4.69) is 144 Å². The molecular weight excluding hydrogens is 587 g/mol. The molecule has 1 aliphatic carbocycles. The molecule has 2 heterocycles. The van der Waals surface area contributed by atoms with E-state index in [1.807, 2.05) is 37.4 Å². The summed E-state index contributed by atoms with van der Waals surface area (Å²) in [5.74, 6) is 0. The van der Waals surface area contributed by atoms with Crippen LogP contribution in [0.2, 0.25) is 0 Å². The number of nitrogens with one attached hydrogen (secondary N) is 1. The summed E-state index contributed by atoms with van der Waals surface area (Å²) >= 11 is 3.77. The number of fused-ring (bicyclic) bond motifs is 7. The number of benzene rings is 5. The van der Waals surface area contributed by atoms with E-state index in [0.717, 1.165) is 6.42 Å². The third-order valence-electron chi connectivity index (χ3n) is 7.22. The van der Waals surface area contributed by atoms with Gasteiger partial charge in [0.05, 0.1) is 10.4 Å². The summed E-state index contributed by atoms with van der Waals surface area (Å²) in [5.41, 5.74) is 14.5. The fourth-order valence-electron chi connectivity index (χ4n) is 5.30. The first kappa shape index (κ1) is 33.7. The minimum Gasteiger partial charge on any atom is -0.405 e. The van der Waals surface area contributed by atoms with Gasteiger partial charge in [0.25, 0.3) is 0 Å². The van der Waals surface area contributed by atoms with Crippen LogP contribution in [0.25, 0.3) is 32.6 Å². The number of rotatable bonds is 2. The summed E-state index contributed by atoms with van der Waals surface area (Å²) in [6.07, 6.45) is 11.4. The SMILES string of the molecule is C1=CCCC(Cc2ccccc2)=C1.C=CN.CC.CN.c1ccc2cc3c(cc2c1)Sc1ccc2c([nH]c4ccccc42)c1S3. The van der Waals surface area contributed by atoms with Crippen molar-refractivity contribution in [3.05, 3.63) is 145 Å². The van der Waals surface area contributed by atoms with Gasteiger partial charge in [-0.1, -0.05) is 147 Å². The van der Waals surface area contributed by atoms with Crippen molar-refractivity contribution in [2.24, 2.45) is 11.5 Å². The van der Waals surface area contributed by atoms with Crippen LogP contribution in [0, 0.1) is 0 Å². The molecule has 1 aromatic heterocycles. The van der Waals surface area contributed by atoms with Crippen LogP contribution in [0.1, 0.15) is 32.3 Å². The Morgan fingerprint density at radius 3 is 2.04 bits per heavy atom. The van der Waals surface area contributed by atoms with Gasteiger partial charge in [0.15, 0.2) is 0 Å². The lowest BCUT2D eigenvalue weighted by Crippen LogP contribution is -1.92. The molecule has 0 fully saturated rings. The van der Waals surface area contributed by atoms with Crippen molar-refractivity contribution in [3.8, 4) is 0 Å². The van der Waals surface area contributed by atoms with Gasteiger partial charge in [0.2, 0.25) is 0 Å². The Morgan fingerprint density at radius 1 is 0.756 bits per heavy atom. The first-order chi connectivity index (χ1) is 22.2. The molecule has 2 aliphatic rings. The second-order valence-electron chi connectivity index (χ2n) is 10.0. The third kappa shape index (κ3) is 8.31. The number of aromatic amines is 1. The van der Waals surface area contributed by atoms with E-state index in [9.17, 15) is 0 Å². The maximum absolute atomic E-state index is 4.61. The van der Waals surface area contributed by atoms with E-state index in [1.165, 1.54) is 83.8 Å². The monoisotopic (exact) mass is 629 g/mol. The Hall–Kier alpha value is -4.16. The van der Waals surface area contributed by atoms with Gasteiger partial charge in [-0.25, -0.2) is 0 Å². The predicted molar refractivity (Wildman–Crippen MR) is 200 cm³/mol. The molecule has 0 bridgehead atoms. The number of allylic oxidation sites excluding steroid dienone is 4. The zero-order chi connectivity index (χ0) is 32.0. The molecule has 230 valence electrons. The summed E-state index contributed by atoms with van der Waals surface area (Å²) in [5, 5.41) is 5.23. The fraction of sp³-hybridized carbons (Fsp3) is 0.150. The average Bonchev–Trinajstić information content (AvgIpc) is 3.49. The van der Waals surface area contributed by atoms with E-state index >= 15 is 0 Å². The molecule has 0 saturated carbocycles. The normalized spacial score (nSPS) is 12.4. The number of hydrogen-bond donors (Lipinski definition) is 3. The lowest BCUT2D eigenvalue weighted by Gasteiger charge is -2.19. The number of aromatic nitrogens is 1. The number of H-pyrrole nitrogens is 1. The topological polar surface area (TPSA) is 67.8 Å². The molecule has 0 saturated heterocycles. The maximum atomic E-state index is 4.61. The van der Waals surface area contributed by atoms with E-state index < -0.39 is 0 Å². The quantitative estimate of drug-likeness (QED) is 0.178. The van der Waals surface area contributed by atoms with Gasteiger partial charge in [-0.2, -0.15) is 0 Å². The van der Waals surface area contributed by atoms with Crippen LogP contribution >= 0.6 is 23.5 Å². The molecule has 5 aromatic carbocycles. The summed E-state index contributed by atoms with van der Waals surface area (Å²) < 4.78 is 0. The Bertz CT molecular complexity index is 1900. The van der Waals surface area contributed by atoms with E-state index in [4.69, 9.17) is 0 Å². The van der Waals surface area contributed by atoms with Crippen molar-refractivity contribution >= 4 is 56.1 Å². The highest BCUT2D eigenvalue weighted by molar-refractivity contribution is 8.05. The van der Waals surface area contributed by atoms with Crippen LogP contribution in [0.5, 0.6) is 0 Å². The molecule has 5 heteroatoms. The molecule has 45 heavy (non-hydrogen) atoms. The maximum Gasteiger partial charge on any atom is 0.0618 e. The summed E-state index contributed by atoms with van der Waals surface area (Å²) in [4.78, 5) is 9.03. The smallest absolute Gasteiger partial charge is 0.0618 e. The zero-order valence-corrected chi connectivity index (χ0v) is 28.1. The Kier molecular flexibility index (Phi) is 13.0. The second-order valence-corrected chi connectivity index (χ2v) is 12.2. The lowest BCUT2D eigenvalue weighted by molar-refractivity contribution is 0.911. The fourth-order valence-corrected chi connectivity index (χ4v) is 7.71. The third-order valence-corrected chi connectivity index (χ3v) is 9.78. The average molecular weight is 630 g/mol. The van der Waals surface area contributed by atoms with Crippen LogP contribution in [0.3, 0.4) is 0 Å². The van der Waals surface area contributed by atoms with Crippen molar-refractivity contribution in [2.75, 3.05) is 7.05 Å². The van der Waals surface area contributed by atoms with Gasteiger partial charge in [-0.3, -0.25) is 0 Å². The van der Waals surface area contributed by atoms with Crippen molar-refractivity contribution < 1.29 is 0 Å². The van der Waals surface area contributed by atoms with Gasteiger partial charge < -0.3 is 16.5 Å². The molecule has 0 unspecified atom stereocenters. The molecule has 8 rings (SSSR count). The molecule has 3 nitrogen and oxygen atoms in total. The van der Waals surface area contributed by atoms with E-state index in [-0.39, 0.29) is 0 Å². The van der Waals surface area contributed by atoms with Crippen LogP contribution in [-0.4, -0.2) is 12.0 Å². The highest BCUT2D eigenvalue weighted by atomic mass is 32.2. The molecule has 5 N–H and O–H groups in total. The number of nitrogens with two attached hydrogens (primary N) is 2. The van der Waals surface area contributed by atoms with E-state index in [0.29, 0.717) is 0 Å². The molecule has 0 atom stereocenters. The Morgan fingerprint density at radius 2 is 1.38 bits per heavy atom. The van der Waals surface area contributed by atoms with Gasteiger partial charge in [-0.05, 0) is 73.1 Å². The second kappa shape index (κ2) is 17.4. The summed E-state index contributed by atoms with van der Waals surface area (Å²) in [6.45, 7) is 7.14. The van der Waals surface area contributed by atoms with Crippen LogP contribution < -0.4 is 11.5 Å². The zero-order valence-electron chi connectivity index (χ0n) is 26.4. The van der Waals surface area contributed by atoms with Gasteiger partial charge >= 0.3 is 0 Å². The minimum atomic E-state index is 1.12. The molecule has 0 spiro atoms. The standard InChI is InChI=1S/C22H13NS2.C13H14.C2H5N.C2H6.CH5N/c1-2-6-14-12-20-19(11-13(14)5-1)24-18-10-9-16-15-7-3-4-8-17(15)23-21(16)22(18)25-20;1-3-7-12(8-4-1)11-13-9-5-2-6-10-13;1-2-3;2*1-2/h1-12,23H;1-5,7-9H,6,10-11H2;2H,1,3H2;1-2H3;2H2,1H3. The largest absolute Gasteiger partial charge is 0.405 e. The predicted octanol–water partition coefficient (Wildman–Crippen LogP) is 11.3. The molecular formula is C40H43N3S2. The van der Waals surface area contributed by atoms with E-state index in [1.54, 1.807) is 5.57 Å². The van der Waals surface area contributed by atoms with Gasteiger partial charge in [-0.15, -0.1) is 0 Å². The first-order valence-corrected chi connectivity index (χ1v) is 17.1. The Labute approximate surface area is 276 Å². The van der Waals surface area contributed by atoms with Crippen molar-refractivity contribution in [1.29, 1.82) is 0 Å². The summed E-state index contributed by atoms with van der Waals surface area (Å²) in [7, 11) is 1.50. The molecule has 0 amide bonds. The highest BCUT2D eigenvalue weighted by Crippen LogP contribution is 2.52. The molecule has 1 aliphatic heterocycles. The first-order valence-electron chi connectivity index (χ1n) is 15.4. The highest BCUT2D eigenvalue weighted by Gasteiger charge is 2.21. The summed E-state index contributed by atoms with van der Waals surface area (Å²) in [6, 6.07) is 37.0. The van der Waals surface area contributed by atoms with Crippen LogP contribution in [0.15, 0.2) is 159 Å². The van der Waals surface area contributed by atoms with Crippen molar-refractivity contribution in [3.63, 3.8) is 0 Å². The lowest BCUT2D eigenvalue weighted by atomic mass is 9.98. The number of para-hydroxylation sites is 1. The minimum absolute atomic E-state index is 1.12. The van der Waals surface area contributed by atoms with Crippen LogP contribution in [0.4, 0.5) is 0 Å². The van der Waals surface area contributed by atoms with Crippen molar-refractivity contribution in [2.45, 2.75) is 52.7 Å². The number of hydrogen-bond acceptors (Lipinski definition) is 4. The molecule has 6 aromatic rings. The van der Waals surface area contributed by atoms with Crippen molar-refractivity contribution in [1.82, 2.24) is 4.98 Å². The Balaban J connectivity index is 0.000000195. The van der Waals surface area contributed by atoms with Crippen LogP contribution in [-0.2, 0) is 6.42 Å². The van der Waals surface area contributed by atoms with Gasteiger partial charge in [0.1, 0.15) is 0 Å². The van der Waals surface area contributed by atoms with Gasteiger partial charge in [0, 0.05) is 31.0 Å². The molecule has 0 radical (unpaired) electrons.